The van der Waals surface area contributed by atoms with E-state index in [-0.39, 0.29) is 30.6 Å². The number of carbonyl (C=O) groups excluding carboxylic acids is 2. The first-order valence-corrected chi connectivity index (χ1v) is 17.2. The van der Waals surface area contributed by atoms with Gasteiger partial charge in [-0.25, -0.2) is 14.0 Å². The van der Waals surface area contributed by atoms with Gasteiger partial charge in [0.05, 0.1) is 6.61 Å². The van der Waals surface area contributed by atoms with E-state index < -0.39 is 37.4 Å². The second kappa shape index (κ2) is 9.90. The van der Waals surface area contributed by atoms with Crippen molar-refractivity contribution >= 4 is 20.1 Å². The summed E-state index contributed by atoms with van der Waals surface area (Å²) in [7, 11) is -1.40. The first-order valence-electron chi connectivity index (χ1n) is 13.5. The summed E-state index contributed by atoms with van der Waals surface area (Å²) in [4.78, 5) is 27.4. The van der Waals surface area contributed by atoms with Crippen molar-refractivity contribution in [2.24, 2.45) is 17.8 Å². The van der Waals surface area contributed by atoms with Crippen molar-refractivity contribution in [3.05, 3.63) is 71.8 Å². The summed E-state index contributed by atoms with van der Waals surface area (Å²) in [5.41, 5.74) is -0.853. The van der Waals surface area contributed by atoms with Gasteiger partial charge in [-0.05, 0) is 67.0 Å². The van der Waals surface area contributed by atoms with Crippen molar-refractivity contribution in [1.82, 2.24) is 5.32 Å². The Morgan fingerprint density at radius 3 is 1.97 bits per heavy atom. The molecule has 0 spiro atoms. The average molecular weight is 524 g/mol. The lowest BCUT2D eigenvalue weighted by molar-refractivity contribution is -0.184. The van der Waals surface area contributed by atoms with E-state index in [2.05, 4.69) is 25.0 Å². The predicted octanol–water partition coefficient (Wildman–Crippen LogP) is 6.67. The number of esters is 1. The number of carbonyl (C=O) groups is 2. The molecule has 4 aliphatic carbocycles. The number of hydrogen-bond acceptors (Lipinski definition) is 4. The van der Waals surface area contributed by atoms with E-state index in [4.69, 9.17) is 9.47 Å². The van der Waals surface area contributed by atoms with E-state index >= 15 is 4.39 Å². The normalized spacial score (nSPS) is 30.2. The Balaban J connectivity index is 1.45. The third-order valence-electron chi connectivity index (χ3n) is 8.56. The van der Waals surface area contributed by atoms with Gasteiger partial charge in [0.2, 0.25) is 0 Å². The maximum Gasteiger partial charge on any atom is 0.408 e. The van der Waals surface area contributed by atoms with Gasteiger partial charge in [0.25, 0.3) is 0 Å². The molecule has 5 atom stereocenters. The van der Waals surface area contributed by atoms with Crippen molar-refractivity contribution in [2.75, 3.05) is 6.61 Å². The van der Waals surface area contributed by atoms with Crippen LogP contribution in [-0.4, -0.2) is 38.0 Å². The van der Waals surface area contributed by atoms with Crippen LogP contribution in [0.3, 0.4) is 0 Å². The Bertz CT molecular complexity index is 1060. The van der Waals surface area contributed by atoms with Crippen molar-refractivity contribution in [2.45, 2.75) is 75.1 Å². The monoisotopic (exact) mass is 523 g/mol. The molecule has 7 heteroatoms. The zero-order valence-corrected chi connectivity index (χ0v) is 23.0. The summed E-state index contributed by atoms with van der Waals surface area (Å²) in [6.07, 6.45) is 1.29. The minimum atomic E-state index is -1.40. The standard InChI is InChI=1S/C30H38FNO4Si/c1-37(2,3)15-14-35-28(34)32-30(24-16-21-17-25(30)20-29(31,18-21)19-24)27(33)36-26(22-10-6-4-7-11-22)23-12-8-5-9-13-23/h4-13,21,24-26H,14-20H2,1-3H3,(H,32,34)/t21?,24-,25+,29?,30?. The summed E-state index contributed by atoms with van der Waals surface area (Å²) in [5.74, 6) is -0.863. The number of alkyl halides is 1. The molecule has 0 saturated heterocycles. The summed E-state index contributed by atoms with van der Waals surface area (Å²) in [5, 5.41) is 3.00. The summed E-state index contributed by atoms with van der Waals surface area (Å²) >= 11 is 0. The smallest absolute Gasteiger partial charge is 0.408 e. The number of halogens is 1. The molecular formula is C30H38FNO4Si. The molecule has 4 fully saturated rings. The topological polar surface area (TPSA) is 64.6 Å². The van der Waals surface area contributed by atoms with E-state index in [1.807, 2.05) is 60.7 Å². The minimum absolute atomic E-state index is 0.243. The van der Waals surface area contributed by atoms with Crippen LogP contribution in [0.1, 0.15) is 49.3 Å². The molecule has 2 aromatic carbocycles. The minimum Gasteiger partial charge on any atom is -0.451 e. The molecule has 0 aliphatic heterocycles. The number of nitrogens with one attached hydrogen (secondary N) is 1. The molecule has 0 aromatic heterocycles. The molecular weight excluding hydrogens is 485 g/mol. The summed E-state index contributed by atoms with van der Waals surface area (Å²) < 4.78 is 27.6. The largest absolute Gasteiger partial charge is 0.451 e. The number of ether oxygens (including phenoxy) is 2. The Hall–Kier alpha value is -2.67. The van der Waals surface area contributed by atoms with Crippen LogP contribution < -0.4 is 5.32 Å². The molecule has 4 saturated carbocycles. The second-order valence-electron chi connectivity index (χ2n) is 12.5. The Kier molecular flexibility index (Phi) is 6.94. The van der Waals surface area contributed by atoms with Crippen LogP contribution in [0.25, 0.3) is 0 Å². The Morgan fingerprint density at radius 1 is 0.946 bits per heavy atom. The molecule has 3 unspecified atom stereocenters. The lowest BCUT2D eigenvalue weighted by atomic mass is 9.47. The zero-order valence-electron chi connectivity index (χ0n) is 22.0. The summed E-state index contributed by atoms with van der Waals surface area (Å²) in [6, 6.07) is 20.1. The molecule has 6 rings (SSSR count). The number of rotatable bonds is 8. The van der Waals surface area contributed by atoms with Crippen LogP contribution in [0.4, 0.5) is 9.18 Å². The molecule has 1 N–H and O–H groups in total. The molecule has 1 amide bonds. The Morgan fingerprint density at radius 2 is 1.49 bits per heavy atom. The van der Waals surface area contributed by atoms with Crippen molar-refractivity contribution in [1.29, 1.82) is 0 Å². The van der Waals surface area contributed by atoms with Gasteiger partial charge in [0, 0.05) is 8.07 Å². The lowest BCUT2D eigenvalue weighted by Crippen LogP contribution is -2.72. The zero-order chi connectivity index (χ0) is 26.3. The number of benzene rings is 2. The highest BCUT2D eigenvalue weighted by Crippen LogP contribution is 2.61. The fourth-order valence-corrected chi connectivity index (χ4v) is 7.66. The van der Waals surface area contributed by atoms with E-state index in [1.54, 1.807) is 0 Å². The predicted molar refractivity (Wildman–Crippen MR) is 144 cm³/mol. The lowest BCUT2D eigenvalue weighted by Gasteiger charge is -2.61. The van der Waals surface area contributed by atoms with Gasteiger partial charge in [-0.3, -0.25) is 0 Å². The second-order valence-corrected chi connectivity index (χ2v) is 18.2. The first-order chi connectivity index (χ1) is 17.6. The molecule has 0 radical (unpaired) electrons. The van der Waals surface area contributed by atoms with E-state index in [0.717, 1.165) is 17.2 Å². The molecule has 0 heterocycles. The number of hydrogen-bond donors (Lipinski definition) is 1. The third kappa shape index (κ3) is 5.33. The first kappa shape index (κ1) is 26.0. The third-order valence-corrected chi connectivity index (χ3v) is 10.3. The van der Waals surface area contributed by atoms with Crippen LogP contribution in [0.2, 0.25) is 25.7 Å². The molecule has 5 nitrogen and oxygen atoms in total. The quantitative estimate of drug-likeness (QED) is 0.310. The van der Waals surface area contributed by atoms with Crippen LogP contribution >= 0.6 is 0 Å². The Labute approximate surface area is 220 Å². The number of alkyl carbamates (subject to hydrolysis) is 1. The van der Waals surface area contributed by atoms with Crippen molar-refractivity contribution in [3.8, 4) is 0 Å². The number of amides is 1. The van der Waals surface area contributed by atoms with Crippen LogP contribution in [0, 0.1) is 17.8 Å². The van der Waals surface area contributed by atoms with Crippen molar-refractivity contribution < 1.29 is 23.5 Å². The van der Waals surface area contributed by atoms with Crippen LogP contribution in [0.15, 0.2) is 60.7 Å². The van der Waals surface area contributed by atoms with Gasteiger partial charge < -0.3 is 14.8 Å². The molecule has 198 valence electrons. The molecule has 2 aromatic rings. The van der Waals surface area contributed by atoms with Crippen LogP contribution in [0.5, 0.6) is 0 Å². The van der Waals surface area contributed by atoms with E-state index in [0.29, 0.717) is 25.9 Å². The van der Waals surface area contributed by atoms with Crippen LogP contribution in [-0.2, 0) is 14.3 Å². The molecule has 4 bridgehead atoms. The fourth-order valence-electron chi connectivity index (χ4n) is 6.94. The van der Waals surface area contributed by atoms with Gasteiger partial charge in [-0.15, -0.1) is 0 Å². The SMILES string of the molecule is C[Si](C)(C)CCOC(=O)NC1(C(=O)OC(c2ccccc2)c2ccccc2)[C@@H]2CC3C[C@H]1CC(F)(C3)C2. The van der Waals surface area contributed by atoms with Gasteiger partial charge in [-0.2, -0.15) is 0 Å². The molecule has 4 aliphatic rings. The van der Waals surface area contributed by atoms with E-state index in [1.165, 1.54) is 0 Å². The summed E-state index contributed by atoms with van der Waals surface area (Å²) in [6.45, 7) is 6.98. The highest BCUT2D eigenvalue weighted by molar-refractivity contribution is 6.76. The van der Waals surface area contributed by atoms with E-state index in [9.17, 15) is 9.59 Å². The fraction of sp³-hybridized carbons (Fsp3) is 0.533. The van der Waals surface area contributed by atoms with Gasteiger partial charge in [0.1, 0.15) is 11.2 Å². The van der Waals surface area contributed by atoms with Gasteiger partial charge >= 0.3 is 12.1 Å². The average Bonchev–Trinajstić information content (AvgIpc) is 2.84. The van der Waals surface area contributed by atoms with Crippen molar-refractivity contribution in [3.63, 3.8) is 0 Å². The maximum absolute atomic E-state index is 15.7. The van der Waals surface area contributed by atoms with Gasteiger partial charge in [0.15, 0.2) is 6.10 Å². The highest BCUT2D eigenvalue weighted by Gasteiger charge is 2.67. The maximum atomic E-state index is 15.7. The van der Waals surface area contributed by atoms with Gasteiger partial charge in [-0.1, -0.05) is 80.3 Å². The molecule has 37 heavy (non-hydrogen) atoms. The highest BCUT2D eigenvalue weighted by atomic mass is 28.3.